The van der Waals surface area contributed by atoms with Gasteiger partial charge in [-0.25, -0.2) is 0 Å². The molecule has 1 N–H and O–H groups in total. The van der Waals surface area contributed by atoms with Gasteiger partial charge in [-0.15, -0.1) is 5.10 Å². The van der Waals surface area contributed by atoms with Crippen LogP contribution in [-0.4, -0.2) is 51.3 Å². The molecule has 1 fully saturated rings. The number of nitrogens with one attached hydrogen (secondary N) is 1. The summed E-state index contributed by atoms with van der Waals surface area (Å²) in [6.07, 6.45) is 5.41. The molecule has 1 atom stereocenters. The number of hydrogen-bond acceptors (Lipinski definition) is 4. The third-order valence-corrected chi connectivity index (χ3v) is 3.48. The largest absolute Gasteiger partial charge is 0.354 e. The zero-order valence-corrected chi connectivity index (χ0v) is 11.8. The lowest BCUT2D eigenvalue weighted by atomic mass is 9.96. The molecule has 0 aliphatic carbocycles. The van der Waals surface area contributed by atoms with E-state index in [-0.39, 0.29) is 17.7 Å². The van der Waals surface area contributed by atoms with Crippen molar-refractivity contribution in [3.05, 3.63) is 12.4 Å². The fourth-order valence-corrected chi connectivity index (χ4v) is 2.40. The van der Waals surface area contributed by atoms with Crippen molar-refractivity contribution >= 4 is 11.8 Å². The van der Waals surface area contributed by atoms with Crippen LogP contribution in [0.2, 0.25) is 0 Å². The second kappa shape index (κ2) is 7.02. The Labute approximate surface area is 118 Å². The Morgan fingerprint density at radius 2 is 2.35 bits per heavy atom. The van der Waals surface area contributed by atoms with Crippen LogP contribution in [0.5, 0.6) is 0 Å². The molecule has 7 heteroatoms. The third-order valence-electron chi connectivity index (χ3n) is 3.48. The van der Waals surface area contributed by atoms with E-state index < -0.39 is 0 Å². The maximum absolute atomic E-state index is 12.1. The van der Waals surface area contributed by atoms with E-state index in [9.17, 15) is 9.59 Å². The Morgan fingerprint density at radius 1 is 1.50 bits per heavy atom. The molecule has 20 heavy (non-hydrogen) atoms. The quantitative estimate of drug-likeness (QED) is 0.797. The number of nitrogens with zero attached hydrogens (tertiary/aromatic N) is 4. The average Bonchev–Trinajstić information content (AvgIpc) is 2.94. The molecular formula is C13H21N5O2. The molecule has 110 valence electrons. The van der Waals surface area contributed by atoms with Gasteiger partial charge in [0.15, 0.2) is 0 Å². The summed E-state index contributed by atoms with van der Waals surface area (Å²) in [5, 5.41) is 10.4. The lowest BCUT2D eigenvalue weighted by Gasteiger charge is -2.31. The second-order valence-corrected chi connectivity index (χ2v) is 5.03. The van der Waals surface area contributed by atoms with E-state index >= 15 is 0 Å². The molecule has 1 aliphatic rings. The van der Waals surface area contributed by atoms with Gasteiger partial charge < -0.3 is 10.2 Å². The van der Waals surface area contributed by atoms with Crippen molar-refractivity contribution in [1.82, 2.24) is 25.2 Å². The molecule has 2 rings (SSSR count). The zero-order valence-electron chi connectivity index (χ0n) is 11.8. The summed E-state index contributed by atoms with van der Waals surface area (Å²) >= 11 is 0. The van der Waals surface area contributed by atoms with E-state index in [2.05, 4.69) is 15.6 Å². The van der Waals surface area contributed by atoms with Crippen LogP contribution in [-0.2, 0) is 16.1 Å². The Kier molecular flexibility index (Phi) is 5.09. The van der Waals surface area contributed by atoms with Gasteiger partial charge in [-0.05, 0) is 12.8 Å². The van der Waals surface area contributed by atoms with Gasteiger partial charge in [0.1, 0.15) is 0 Å². The van der Waals surface area contributed by atoms with E-state index in [1.54, 1.807) is 22.0 Å². The van der Waals surface area contributed by atoms with Crippen molar-refractivity contribution < 1.29 is 9.59 Å². The molecule has 0 radical (unpaired) electrons. The van der Waals surface area contributed by atoms with Crippen LogP contribution in [0.1, 0.15) is 26.2 Å². The van der Waals surface area contributed by atoms with Gasteiger partial charge in [-0.2, -0.15) is 0 Å². The summed E-state index contributed by atoms with van der Waals surface area (Å²) in [4.78, 5) is 25.6. The highest BCUT2D eigenvalue weighted by atomic mass is 16.2. The van der Waals surface area contributed by atoms with Crippen molar-refractivity contribution in [2.24, 2.45) is 5.92 Å². The highest BCUT2D eigenvalue weighted by Crippen LogP contribution is 2.17. The molecule has 1 aliphatic heterocycles. The Bertz CT molecular complexity index is 446. The summed E-state index contributed by atoms with van der Waals surface area (Å²) in [5.74, 6) is 0.104. The van der Waals surface area contributed by atoms with Crippen LogP contribution < -0.4 is 5.32 Å². The Balaban J connectivity index is 1.75. The summed E-state index contributed by atoms with van der Waals surface area (Å²) in [6, 6.07) is 0. The standard InChI is InChI=1S/C13H21N5O2/c1-2-7-17-10-11(3-4-12(17)19)13(20)14-5-8-18-9-6-15-16-18/h6,9,11H,2-5,7-8,10H2,1H3,(H,14,20)/t11-/m1/s1. The predicted molar refractivity (Wildman–Crippen MR) is 72.6 cm³/mol. The monoisotopic (exact) mass is 279 g/mol. The topological polar surface area (TPSA) is 80.1 Å². The SMILES string of the molecule is CCCN1C[C@H](C(=O)NCCn2ccnn2)CCC1=O. The molecule has 0 aromatic carbocycles. The molecule has 1 saturated heterocycles. The van der Waals surface area contributed by atoms with Crippen molar-refractivity contribution in [2.45, 2.75) is 32.7 Å². The normalized spacial score (nSPS) is 19.1. The van der Waals surface area contributed by atoms with E-state index in [1.807, 2.05) is 6.92 Å². The first kappa shape index (κ1) is 14.5. The summed E-state index contributed by atoms with van der Waals surface area (Å²) in [6.45, 7) is 4.45. The van der Waals surface area contributed by atoms with Crippen molar-refractivity contribution in [3.63, 3.8) is 0 Å². The highest BCUT2D eigenvalue weighted by Gasteiger charge is 2.29. The van der Waals surface area contributed by atoms with E-state index in [1.165, 1.54) is 0 Å². The van der Waals surface area contributed by atoms with Crippen LogP contribution in [0.4, 0.5) is 0 Å². The lowest BCUT2D eigenvalue weighted by molar-refractivity contribution is -0.138. The van der Waals surface area contributed by atoms with Crippen LogP contribution in [0, 0.1) is 5.92 Å². The van der Waals surface area contributed by atoms with Crippen LogP contribution in [0.25, 0.3) is 0 Å². The van der Waals surface area contributed by atoms with Crippen LogP contribution in [0.15, 0.2) is 12.4 Å². The molecule has 7 nitrogen and oxygen atoms in total. The summed E-state index contributed by atoms with van der Waals surface area (Å²) in [7, 11) is 0. The number of aromatic nitrogens is 3. The number of likely N-dealkylation sites (tertiary alicyclic amines) is 1. The van der Waals surface area contributed by atoms with Crippen molar-refractivity contribution in [3.8, 4) is 0 Å². The minimum Gasteiger partial charge on any atom is -0.354 e. The smallest absolute Gasteiger partial charge is 0.224 e. The number of piperidine rings is 1. The maximum Gasteiger partial charge on any atom is 0.224 e. The fraction of sp³-hybridized carbons (Fsp3) is 0.692. The zero-order chi connectivity index (χ0) is 14.4. The van der Waals surface area contributed by atoms with Crippen molar-refractivity contribution in [1.29, 1.82) is 0 Å². The molecule has 0 spiro atoms. The second-order valence-electron chi connectivity index (χ2n) is 5.03. The molecule has 0 bridgehead atoms. The molecule has 2 heterocycles. The lowest BCUT2D eigenvalue weighted by Crippen LogP contribution is -2.46. The predicted octanol–water partition coefficient (Wildman–Crippen LogP) is 0.0429. The fourth-order valence-electron chi connectivity index (χ4n) is 2.40. The number of rotatable bonds is 6. The third kappa shape index (κ3) is 3.79. The maximum atomic E-state index is 12.1. The van der Waals surface area contributed by atoms with Gasteiger partial charge in [0, 0.05) is 32.3 Å². The number of amides is 2. The minimum atomic E-state index is -0.0880. The molecule has 2 amide bonds. The number of carbonyl (C=O) groups excluding carboxylic acids is 2. The summed E-state index contributed by atoms with van der Waals surface area (Å²) in [5.41, 5.74) is 0. The van der Waals surface area contributed by atoms with E-state index in [0.29, 0.717) is 32.5 Å². The molecular weight excluding hydrogens is 258 g/mol. The Hall–Kier alpha value is -1.92. The summed E-state index contributed by atoms with van der Waals surface area (Å²) < 4.78 is 1.67. The first-order chi connectivity index (χ1) is 9.70. The molecule has 0 unspecified atom stereocenters. The number of carbonyl (C=O) groups is 2. The van der Waals surface area contributed by atoms with E-state index in [4.69, 9.17) is 0 Å². The van der Waals surface area contributed by atoms with Gasteiger partial charge in [0.05, 0.1) is 18.7 Å². The average molecular weight is 279 g/mol. The van der Waals surface area contributed by atoms with E-state index in [0.717, 1.165) is 13.0 Å². The first-order valence-corrected chi connectivity index (χ1v) is 7.10. The van der Waals surface area contributed by atoms with Gasteiger partial charge in [-0.1, -0.05) is 12.1 Å². The minimum absolute atomic E-state index is 0.0266. The number of hydrogen-bond donors (Lipinski definition) is 1. The van der Waals surface area contributed by atoms with Gasteiger partial charge >= 0.3 is 0 Å². The van der Waals surface area contributed by atoms with Gasteiger partial charge in [-0.3, -0.25) is 14.3 Å². The van der Waals surface area contributed by atoms with Gasteiger partial charge in [0.2, 0.25) is 11.8 Å². The molecule has 1 aromatic heterocycles. The Morgan fingerprint density at radius 3 is 3.05 bits per heavy atom. The van der Waals surface area contributed by atoms with Crippen molar-refractivity contribution in [2.75, 3.05) is 19.6 Å². The molecule has 0 saturated carbocycles. The molecule has 1 aromatic rings. The first-order valence-electron chi connectivity index (χ1n) is 7.10. The van der Waals surface area contributed by atoms with Gasteiger partial charge in [0.25, 0.3) is 0 Å². The van der Waals surface area contributed by atoms with Crippen LogP contribution in [0.3, 0.4) is 0 Å². The van der Waals surface area contributed by atoms with Crippen LogP contribution >= 0.6 is 0 Å². The highest BCUT2D eigenvalue weighted by molar-refractivity contribution is 5.83.